The molecule has 1 aromatic heterocycles. The van der Waals surface area contributed by atoms with E-state index in [1.54, 1.807) is 40.5 Å². The van der Waals surface area contributed by atoms with Crippen LogP contribution in [0.15, 0.2) is 83.1 Å². The van der Waals surface area contributed by atoms with Gasteiger partial charge in [0.1, 0.15) is 5.82 Å². The Labute approximate surface area is 238 Å². The van der Waals surface area contributed by atoms with Gasteiger partial charge in [0.2, 0.25) is 15.9 Å². The van der Waals surface area contributed by atoms with Crippen LogP contribution in [-0.4, -0.2) is 67.2 Å². The number of thiophene rings is 1. The molecule has 1 fully saturated rings. The predicted octanol–water partition coefficient (Wildman–Crippen LogP) is 5.30. The first-order chi connectivity index (χ1) is 19.3. The highest BCUT2D eigenvalue weighted by Crippen LogP contribution is 2.38. The van der Waals surface area contributed by atoms with Crippen molar-refractivity contribution >= 4 is 38.0 Å². The summed E-state index contributed by atoms with van der Waals surface area (Å²) in [5.41, 5.74) is 2.09. The maximum Gasteiger partial charge on any atom is 0.243 e. The number of benzene rings is 3. The molecule has 0 aliphatic carbocycles. The van der Waals surface area contributed by atoms with Crippen LogP contribution in [0.1, 0.15) is 35.4 Å². The van der Waals surface area contributed by atoms with Crippen LogP contribution in [0.5, 0.6) is 0 Å². The van der Waals surface area contributed by atoms with Crippen molar-refractivity contribution in [1.29, 1.82) is 0 Å². The first-order valence-corrected chi connectivity index (χ1v) is 16.0. The second-order valence-corrected chi connectivity index (χ2v) is 13.5. The number of amides is 1. The number of carbonyl (C=O) groups is 1. The molecule has 2 aliphatic rings. The largest absolute Gasteiger partial charge is 0.340 e. The van der Waals surface area contributed by atoms with E-state index in [2.05, 4.69) is 16.3 Å². The van der Waals surface area contributed by atoms with Gasteiger partial charge in [0, 0.05) is 50.1 Å². The molecular formula is C31H32FN3O3S2. The van der Waals surface area contributed by atoms with Crippen molar-refractivity contribution < 1.29 is 17.6 Å². The molecule has 1 saturated heterocycles. The minimum Gasteiger partial charge on any atom is -0.340 e. The molecule has 6 nitrogen and oxygen atoms in total. The van der Waals surface area contributed by atoms with Gasteiger partial charge in [-0.05, 0) is 71.0 Å². The lowest BCUT2D eigenvalue weighted by Gasteiger charge is -2.40. The fourth-order valence-corrected chi connectivity index (χ4v) is 8.61. The highest BCUT2D eigenvalue weighted by Gasteiger charge is 2.36. The van der Waals surface area contributed by atoms with Gasteiger partial charge in [0.25, 0.3) is 0 Å². The van der Waals surface area contributed by atoms with E-state index in [0.29, 0.717) is 26.1 Å². The Bertz CT molecular complexity index is 1650. The van der Waals surface area contributed by atoms with E-state index >= 15 is 0 Å². The van der Waals surface area contributed by atoms with E-state index in [1.807, 2.05) is 43.3 Å². The summed E-state index contributed by atoms with van der Waals surface area (Å²) in [5.74, 6) is -0.245. The molecule has 0 saturated carbocycles. The van der Waals surface area contributed by atoms with Crippen molar-refractivity contribution in [2.75, 3.05) is 32.7 Å². The van der Waals surface area contributed by atoms with Crippen LogP contribution in [-0.2, 0) is 21.2 Å². The highest BCUT2D eigenvalue weighted by atomic mass is 32.2. The van der Waals surface area contributed by atoms with E-state index < -0.39 is 10.0 Å². The molecule has 3 heterocycles. The summed E-state index contributed by atoms with van der Waals surface area (Å²) in [6.07, 6.45) is 1.24. The van der Waals surface area contributed by atoms with Crippen molar-refractivity contribution in [3.05, 3.63) is 100.0 Å². The molecule has 4 aromatic rings. The first kappa shape index (κ1) is 27.1. The van der Waals surface area contributed by atoms with Crippen LogP contribution in [0.3, 0.4) is 0 Å². The quantitative estimate of drug-likeness (QED) is 0.312. The molecule has 208 valence electrons. The average Bonchev–Trinajstić information content (AvgIpc) is 3.44. The van der Waals surface area contributed by atoms with Gasteiger partial charge in [-0.3, -0.25) is 9.69 Å². The van der Waals surface area contributed by atoms with Gasteiger partial charge in [-0.15, -0.1) is 11.3 Å². The van der Waals surface area contributed by atoms with Gasteiger partial charge in [0.05, 0.1) is 10.9 Å². The minimum atomic E-state index is -3.69. The van der Waals surface area contributed by atoms with Gasteiger partial charge >= 0.3 is 0 Å². The van der Waals surface area contributed by atoms with Crippen LogP contribution < -0.4 is 0 Å². The van der Waals surface area contributed by atoms with Crippen molar-refractivity contribution in [1.82, 2.24) is 14.1 Å². The summed E-state index contributed by atoms with van der Waals surface area (Å²) < 4.78 is 42.7. The van der Waals surface area contributed by atoms with E-state index in [9.17, 15) is 17.6 Å². The number of hydrogen-bond donors (Lipinski definition) is 0. The van der Waals surface area contributed by atoms with Crippen molar-refractivity contribution in [3.63, 3.8) is 0 Å². The van der Waals surface area contributed by atoms with Crippen LogP contribution in [0, 0.1) is 5.82 Å². The maximum absolute atomic E-state index is 14.1. The maximum atomic E-state index is 14.1. The number of nitrogens with zero attached hydrogens (tertiary/aromatic N) is 3. The van der Waals surface area contributed by atoms with Crippen molar-refractivity contribution in [2.45, 2.75) is 36.7 Å². The molecule has 0 N–H and O–H groups in total. The van der Waals surface area contributed by atoms with Gasteiger partial charge < -0.3 is 4.90 Å². The zero-order valence-corrected chi connectivity index (χ0v) is 24.0. The molecule has 0 unspecified atom stereocenters. The fourth-order valence-electron chi connectivity index (χ4n) is 6.06. The van der Waals surface area contributed by atoms with Crippen molar-refractivity contribution in [3.8, 4) is 0 Å². The Hall–Kier alpha value is -3.11. The zero-order valence-electron chi connectivity index (χ0n) is 22.4. The van der Waals surface area contributed by atoms with E-state index in [4.69, 9.17) is 0 Å². The molecule has 0 spiro atoms. The summed E-state index contributed by atoms with van der Waals surface area (Å²) in [4.78, 5) is 19.0. The Balaban J connectivity index is 1.12. The number of rotatable bonds is 6. The number of piperazine rings is 1. The Morgan fingerprint density at radius 3 is 2.60 bits per heavy atom. The smallest absolute Gasteiger partial charge is 0.243 e. The molecule has 2 atom stereocenters. The third-order valence-corrected chi connectivity index (χ3v) is 11.1. The molecule has 2 aliphatic heterocycles. The lowest BCUT2D eigenvalue weighted by Crippen LogP contribution is -2.55. The van der Waals surface area contributed by atoms with E-state index in [0.717, 1.165) is 29.3 Å². The van der Waals surface area contributed by atoms with Crippen molar-refractivity contribution in [2.24, 2.45) is 0 Å². The van der Waals surface area contributed by atoms with Gasteiger partial charge in [-0.2, -0.15) is 4.31 Å². The molecule has 3 aromatic carbocycles. The van der Waals surface area contributed by atoms with Crippen LogP contribution in [0.4, 0.5) is 4.39 Å². The summed E-state index contributed by atoms with van der Waals surface area (Å²) in [6, 6.07) is 21.3. The second-order valence-electron chi connectivity index (χ2n) is 10.6. The molecular weight excluding hydrogens is 545 g/mol. The Morgan fingerprint density at radius 1 is 0.975 bits per heavy atom. The first-order valence-electron chi connectivity index (χ1n) is 13.7. The zero-order chi connectivity index (χ0) is 27.9. The standard InChI is InChI=1S/C31H32FN3O3S2/c1-22-21-34(16-17-35(22)40(37,38)27-10-9-23-5-2-3-6-24(23)20-27)30(36)12-15-33-14-11-29-28(13-18-39-29)31(33)25-7-4-8-26(32)19-25/h2-10,13,18-20,22,31H,11-12,14-17,21H2,1H3/t22-,31+/m1/s1. The number of halogens is 1. The molecule has 0 radical (unpaired) electrons. The highest BCUT2D eigenvalue weighted by molar-refractivity contribution is 7.89. The Morgan fingerprint density at radius 2 is 1.80 bits per heavy atom. The van der Waals surface area contributed by atoms with Crippen LogP contribution >= 0.6 is 11.3 Å². The summed E-state index contributed by atoms with van der Waals surface area (Å²) in [7, 11) is -3.69. The number of sulfonamides is 1. The molecule has 1 amide bonds. The number of fused-ring (bicyclic) bond motifs is 2. The van der Waals surface area contributed by atoms with Gasteiger partial charge in [-0.1, -0.05) is 42.5 Å². The van der Waals surface area contributed by atoms with Crippen LogP contribution in [0.2, 0.25) is 0 Å². The average molecular weight is 578 g/mol. The molecule has 9 heteroatoms. The second kappa shape index (κ2) is 11.0. The lowest BCUT2D eigenvalue weighted by molar-refractivity contribution is -0.133. The van der Waals surface area contributed by atoms with Gasteiger partial charge in [-0.25, -0.2) is 12.8 Å². The molecule has 40 heavy (non-hydrogen) atoms. The SMILES string of the molecule is C[C@@H]1CN(C(=O)CCN2CCc3sccc3[C@@H]2c2cccc(F)c2)CCN1S(=O)(=O)c1ccc2ccccc2c1. The van der Waals surface area contributed by atoms with E-state index in [-0.39, 0.29) is 35.2 Å². The third-order valence-electron chi connectivity index (χ3n) is 8.09. The van der Waals surface area contributed by atoms with Crippen LogP contribution in [0.25, 0.3) is 10.8 Å². The lowest BCUT2D eigenvalue weighted by atomic mass is 9.93. The topological polar surface area (TPSA) is 60.9 Å². The summed E-state index contributed by atoms with van der Waals surface area (Å²) in [5, 5.41) is 3.96. The summed E-state index contributed by atoms with van der Waals surface area (Å²) in [6.45, 7) is 4.19. The van der Waals surface area contributed by atoms with Gasteiger partial charge in [0.15, 0.2) is 0 Å². The third kappa shape index (κ3) is 5.19. The molecule has 6 rings (SSSR count). The fraction of sp³-hybridized carbons (Fsp3) is 0.323. The summed E-state index contributed by atoms with van der Waals surface area (Å²) >= 11 is 1.73. The predicted molar refractivity (Wildman–Crippen MR) is 156 cm³/mol. The normalized spacial score (nSPS) is 20.5. The minimum absolute atomic E-state index is 0.0173. The Kier molecular flexibility index (Phi) is 7.48. The monoisotopic (exact) mass is 577 g/mol. The number of carbonyl (C=O) groups excluding carboxylic acids is 1. The van der Waals surface area contributed by atoms with E-state index in [1.165, 1.54) is 20.8 Å². The number of hydrogen-bond acceptors (Lipinski definition) is 5. The molecule has 0 bridgehead atoms.